The Balaban J connectivity index is 1.83. The van der Waals surface area contributed by atoms with E-state index in [0.29, 0.717) is 27.9 Å². The molecule has 1 atom stereocenters. The molecule has 174 valence electrons. The minimum Gasteiger partial charge on any atom is -0.384 e. The third-order valence-corrected chi connectivity index (χ3v) is 7.43. The zero-order chi connectivity index (χ0) is 24.7. The van der Waals surface area contributed by atoms with E-state index in [0.717, 1.165) is 42.8 Å². The molecule has 0 unspecified atom stereocenters. The van der Waals surface area contributed by atoms with E-state index in [4.69, 9.17) is 4.98 Å². The Labute approximate surface area is 205 Å². The van der Waals surface area contributed by atoms with Crippen LogP contribution < -0.4 is 11.2 Å². The van der Waals surface area contributed by atoms with Gasteiger partial charge in [-0.25, -0.2) is 9.78 Å². The van der Waals surface area contributed by atoms with Gasteiger partial charge in [-0.15, -0.1) is 0 Å². The van der Waals surface area contributed by atoms with E-state index in [1.165, 1.54) is 11.6 Å². The van der Waals surface area contributed by atoms with E-state index in [-0.39, 0.29) is 0 Å². The Bertz CT molecular complexity index is 1980. The van der Waals surface area contributed by atoms with Gasteiger partial charge in [-0.05, 0) is 38.7 Å². The van der Waals surface area contributed by atoms with Gasteiger partial charge in [0.15, 0.2) is 5.65 Å². The van der Waals surface area contributed by atoms with E-state index < -0.39 is 17.4 Å². The second kappa shape index (κ2) is 7.23. The minimum atomic E-state index is -0.956. The molecule has 0 bridgehead atoms. The maximum Gasteiger partial charge on any atom is 0.332 e. The quantitative estimate of drug-likeness (QED) is 0.354. The Morgan fingerprint density at radius 1 is 0.778 bits per heavy atom. The summed E-state index contributed by atoms with van der Waals surface area (Å²) >= 11 is 0. The molecule has 36 heavy (non-hydrogen) atoms. The maximum atomic E-state index is 13.8. The first-order chi connectivity index (χ1) is 17.5. The summed E-state index contributed by atoms with van der Waals surface area (Å²) in [6, 6.07) is 25.8. The minimum absolute atomic E-state index is 0.303. The van der Waals surface area contributed by atoms with Gasteiger partial charge in [0.1, 0.15) is 6.10 Å². The molecule has 6 heteroatoms. The van der Waals surface area contributed by atoms with Crippen LogP contribution in [0.2, 0.25) is 0 Å². The first-order valence-electron chi connectivity index (χ1n) is 11.8. The number of pyridine rings is 1. The molecule has 0 amide bonds. The van der Waals surface area contributed by atoms with Crippen molar-refractivity contribution in [1.82, 2.24) is 14.1 Å². The van der Waals surface area contributed by atoms with Crippen LogP contribution in [-0.4, -0.2) is 19.2 Å². The molecule has 6 nitrogen and oxygen atoms in total. The molecule has 0 fully saturated rings. The lowest BCUT2D eigenvalue weighted by Gasteiger charge is -2.20. The standard InChI is InChI=1S/C30H21N3O3/c1-32-28-25(29(35)33(2)30(32)36)23(24-26(31-28)20-13-7-8-14-21(20)27(24)34)22-18-11-5-3-9-16(18)15-17-10-4-6-12-19(17)22/h3-15,27,34H,1-2H3/t27-/m0/s1. The second-order valence-corrected chi connectivity index (χ2v) is 9.34. The van der Waals surface area contributed by atoms with E-state index in [9.17, 15) is 14.7 Å². The summed E-state index contributed by atoms with van der Waals surface area (Å²) in [6.45, 7) is 0. The summed E-state index contributed by atoms with van der Waals surface area (Å²) in [4.78, 5) is 31.5. The van der Waals surface area contributed by atoms with E-state index in [2.05, 4.69) is 6.07 Å². The molecule has 0 saturated heterocycles. The molecule has 6 aromatic rings. The van der Waals surface area contributed by atoms with Gasteiger partial charge >= 0.3 is 5.69 Å². The molecular formula is C30H21N3O3. The van der Waals surface area contributed by atoms with Gasteiger partial charge in [0, 0.05) is 30.8 Å². The van der Waals surface area contributed by atoms with E-state index >= 15 is 0 Å². The van der Waals surface area contributed by atoms with Gasteiger partial charge in [0.25, 0.3) is 5.56 Å². The molecule has 0 aliphatic heterocycles. The van der Waals surface area contributed by atoms with Crippen LogP contribution >= 0.6 is 0 Å². The van der Waals surface area contributed by atoms with Gasteiger partial charge in [-0.2, -0.15) is 0 Å². The zero-order valence-electron chi connectivity index (χ0n) is 19.7. The van der Waals surface area contributed by atoms with Crippen molar-refractivity contribution in [3.8, 4) is 22.4 Å². The van der Waals surface area contributed by atoms with Crippen LogP contribution in [0.5, 0.6) is 0 Å². The zero-order valence-corrected chi connectivity index (χ0v) is 19.7. The number of hydrogen-bond donors (Lipinski definition) is 1. The summed E-state index contributed by atoms with van der Waals surface area (Å²) in [6.07, 6.45) is -0.956. The van der Waals surface area contributed by atoms with Crippen molar-refractivity contribution in [1.29, 1.82) is 0 Å². The normalized spacial score (nSPS) is 14.5. The number of aliphatic hydroxyl groups is 1. The van der Waals surface area contributed by atoms with Crippen molar-refractivity contribution < 1.29 is 5.11 Å². The number of rotatable bonds is 1. The SMILES string of the molecule is Cn1c(=O)c2c(-c3c4ccccc4cc4ccccc34)c3c(nc2n(C)c1=O)-c1ccccc1[C@@H]3O. The molecule has 7 rings (SSSR count). The lowest BCUT2D eigenvalue weighted by atomic mass is 9.87. The van der Waals surface area contributed by atoms with Crippen molar-refractivity contribution >= 4 is 32.6 Å². The summed E-state index contributed by atoms with van der Waals surface area (Å²) in [5.74, 6) is 0. The Hall–Kier alpha value is -4.55. The predicted octanol–water partition coefficient (Wildman–Crippen LogP) is 4.67. The highest BCUT2D eigenvalue weighted by Gasteiger charge is 2.35. The van der Waals surface area contributed by atoms with Crippen molar-refractivity contribution in [2.75, 3.05) is 0 Å². The smallest absolute Gasteiger partial charge is 0.332 e. The molecule has 1 aliphatic carbocycles. The fraction of sp³-hybridized carbons (Fsp3) is 0.100. The Morgan fingerprint density at radius 3 is 2.08 bits per heavy atom. The topological polar surface area (TPSA) is 77.1 Å². The molecule has 1 N–H and O–H groups in total. The van der Waals surface area contributed by atoms with E-state index in [1.807, 2.05) is 72.8 Å². The average molecular weight is 472 g/mol. The number of aromatic nitrogens is 3. The van der Waals surface area contributed by atoms with Crippen LogP contribution in [0.4, 0.5) is 0 Å². The van der Waals surface area contributed by atoms with Crippen LogP contribution in [-0.2, 0) is 14.1 Å². The summed E-state index contributed by atoms with van der Waals surface area (Å²) in [5.41, 5.74) is 3.65. The summed E-state index contributed by atoms with van der Waals surface area (Å²) < 4.78 is 2.53. The fourth-order valence-electron chi connectivity index (χ4n) is 5.72. The molecule has 4 aromatic carbocycles. The first kappa shape index (κ1) is 20.8. The first-order valence-corrected chi connectivity index (χ1v) is 11.8. The number of benzene rings is 4. The van der Waals surface area contributed by atoms with Gasteiger partial charge in [0.05, 0.1) is 11.1 Å². The molecule has 0 radical (unpaired) electrons. The third kappa shape index (κ3) is 2.56. The van der Waals surface area contributed by atoms with Crippen molar-refractivity contribution in [3.63, 3.8) is 0 Å². The van der Waals surface area contributed by atoms with E-state index in [1.54, 1.807) is 7.05 Å². The number of hydrogen-bond acceptors (Lipinski definition) is 4. The van der Waals surface area contributed by atoms with Crippen molar-refractivity contribution in [3.05, 3.63) is 111 Å². The van der Waals surface area contributed by atoms with Gasteiger partial charge in [0.2, 0.25) is 0 Å². The molecule has 2 aromatic heterocycles. The van der Waals surface area contributed by atoms with Crippen LogP contribution in [0, 0.1) is 0 Å². The number of aliphatic hydroxyl groups excluding tert-OH is 1. The van der Waals surface area contributed by atoms with Gasteiger partial charge < -0.3 is 5.11 Å². The highest BCUT2D eigenvalue weighted by atomic mass is 16.3. The van der Waals surface area contributed by atoms with Crippen LogP contribution in [0.1, 0.15) is 17.2 Å². The summed E-state index contributed by atoms with van der Waals surface area (Å²) in [5, 5.41) is 15.9. The molecule has 2 heterocycles. The lowest BCUT2D eigenvalue weighted by Crippen LogP contribution is -2.37. The highest BCUT2D eigenvalue weighted by Crippen LogP contribution is 2.50. The number of aryl methyl sites for hydroxylation is 1. The molecular weight excluding hydrogens is 450 g/mol. The maximum absolute atomic E-state index is 13.8. The third-order valence-electron chi connectivity index (χ3n) is 7.43. The predicted molar refractivity (Wildman–Crippen MR) is 142 cm³/mol. The van der Waals surface area contributed by atoms with Crippen molar-refractivity contribution in [2.24, 2.45) is 14.1 Å². The van der Waals surface area contributed by atoms with Crippen LogP contribution in [0.25, 0.3) is 55.0 Å². The molecule has 1 aliphatic rings. The van der Waals surface area contributed by atoms with Crippen molar-refractivity contribution in [2.45, 2.75) is 6.10 Å². The van der Waals surface area contributed by atoms with Crippen LogP contribution in [0.3, 0.4) is 0 Å². The highest BCUT2D eigenvalue weighted by molar-refractivity contribution is 6.17. The largest absolute Gasteiger partial charge is 0.384 e. The van der Waals surface area contributed by atoms with Gasteiger partial charge in [-0.3, -0.25) is 13.9 Å². The monoisotopic (exact) mass is 471 g/mol. The summed E-state index contributed by atoms with van der Waals surface area (Å²) in [7, 11) is 3.11. The van der Waals surface area contributed by atoms with Crippen LogP contribution in [0.15, 0.2) is 88.5 Å². The average Bonchev–Trinajstić information content (AvgIpc) is 3.20. The second-order valence-electron chi connectivity index (χ2n) is 9.34. The van der Waals surface area contributed by atoms with Gasteiger partial charge in [-0.1, -0.05) is 72.8 Å². The lowest BCUT2D eigenvalue weighted by molar-refractivity contribution is 0.225. The fourth-order valence-corrected chi connectivity index (χ4v) is 5.72. The Kier molecular flexibility index (Phi) is 4.17. The molecule has 0 saturated carbocycles. The number of nitrogens with zero attached hydrogens (tertiary/aromatic N) is 3. The Morgan fingerprint density at radius 2 is 1.39 bits per heavy atom. The number of fused-ring (bicyclic) bond motifs is 6. The molecule has 0 spiro atoms.